The van der Waals surface area contributed by atoms with E-state index in [0.717, 1.165) is 64.9 Å². The van der Waals surface area contributed by atoms with Crippen molar-refractivity contribution in [2.75, 3.05) is 36.3 Å². The molecule has 1 fully saturated rings. The highest BCUT2D eigenvalue weighted by Crippen LogP contribution is 2.29. The van der Waals surface area contributed by atoms with Gasteiger partial charge in [-0.2, -0.15) is 11.8 Å². The van der Waals surface area contributed by atoms with Gasteiger partial charge in [0.2, 0.25) is 0 Å². The number of aliphatic carboxylic acids is 1. The second-order valence-corrected chi connectivity index (χ2v) is 9.58. The first-order chi connectivity index (χ1) is 14.6. The van der Waals surface area contributed by atoms with E-state index in [9.17, 15) is 9.90 Å². The number of fused-ring (bicyclic) bond motifs is 1. The number of hydrogen-bond donors (Lipinski definition) is 4. The van der Waals surface area contributed by atoms with Crippen molar-refractivity contribution >= 4 is 51.1 Å². The van der Waals surface area contributed by atoms with Gasteiger partial charge in [-0.15, -0.1) is 11.8 Å². The summed E-state index contributed by atoms with van der Waals surface area (Å²) in [6, 6.07) is 8.26. The molecule has 3 heterocycles. The van der Waals surface area contributed by atoms with E-state index in [0.29, 0.717) is 12.5 Å². The molecule has 1 saturated heterocycles. The van der Waals surface area contributed by atoms with Crippen molar-refractivity contribution in [2.45, 2.75) is 37.5 Å². The standard InChI is InChI=1S/C21H28N4O3S2/c1-29-10-7-16(21(26)27)23-18-12-30-20(25-18)17-11-13-3-2-4-15(19(13)24-17)22-14-5-8-28-9-6-14/h2-4,11,14,16,18,22-24H,5-10,12H2,1H3,(H,26,27)/t16-,18+/m0/s1. The number of aliphatic imine (C=N–C) groups is 1. The van der Waals surface area contributed by atoms with Gasteiger partial charge in [0, 0.05) is 30.4 Å². The fourth-order valence-electron chi connectivity index (χ4n) is 3.81. The molecule has 0 aliphatic carbocycles. The molecule has 0 amide bonds. The third-order valence-corrected chi connectivity index (χ3v) is 7.15. The van der Waals surface area contributed by atoms with Crippen LogP contribution < -0.4 is 10.6 Å². The molecule has 9 heteroatoms. The molecule has 1 aromatic carbocycles. The molecule has 2 aliphatic heterocycles. The van der Waals surface area contributed by atoms with Crippen LogP contribution in [0.5, 0.6) is 0 Å². The topological polar surface area (TPSA) is 98.7 Å². The highest BCUT2D eigenvalue weighted by molar-refractivity contribution is 8.14. The van der Waals surface area contributed by atoms with E-state index in [2.05, 4.69) is 39.9 Å². The Labute approximate surface area is 184 Å². The summed E-state index contributed by atoms with van der Waals surface area (Å²) in [5.41, 5.74) is 3.17. The summed E-state index contributed by atoms with van der Waals surface area (Å²) in [4.78, 5) is 19.8. The number of nitrogens with zero attached hydrogens (tertiary/aromatic N) is 1. The van der Waals surface area contributed by atoms with Crippen molar-refractivity contribution in [3.8, 4) is 0 Å². The maximum absolute atomic E-state index is 11.5. The second kappa shape index (κ2) is 10.1. The Bertz CT molecular complexity index is 911. The lowest BCUT2D eigenvalue weighted by molar-refractivity contribution is -0.139. The number of thioether (sulfide) groups is 2. The third kappa shape index (κ3) is 5.14. The normalized spacial score (nSPS) is 21.0. The van der Waals surface area contributed by atoms with Gasteiger partial charge in [-0.05, 0) is 43.4 Å². The van der Waals surface area contributed by atoms with Gasteiger partial charge in [0.1, 0.15) is 17.3 Å². The first-order valence-electron chi connectivity index (χ1n) is 10.3. The molecular weight excluding hydrogens is 420 g/mol. The van der Waals surface area contributed by atoms with Gasteiger partial charge in [0.25, 0.3) is 0 Å². The summed E-state index contributed by atoms with van der Waals surface area (Å²) in [5, 5.41) is 18.4. The number of anilines is 1. The first kappa shape index (κ1) is 21.5. The number of para-hydroxylation sites is 1. The quantitative estimate of drug-likeness (QED) is 0.467. The van der Waals surface area contributed by atoms with Crippen molar-refractivity contribution in [1.29, 1.82) is 0 Å². The molecule has 0 saturated carbocycles. The molecule has 1 aromatic heterocycles. The summed E-state index contributed by atoms with van der Waals surface area (Å²) in [5.74, 6) is 0.735. The summed E-state index contributed by atoms with van der Waals surface area (Å²) >= 11 is 3.32. The zero-order valence-electron chi connectivity index (χ0n) is 17.0. The number of rotatable bonds is 9. The lowest BCUT2D eigenvalue weighted by Crippen LogP contribution is -2.43. The number of aromatic nitrogens is 1. The van der Waals surface area contributed by atoms with E-state index in [-0.39, 0.29) is 6.17 Å². The summed E-state index contributed by atoms with van der Waals surface area (Å²) < 4.78 is 5.46. The largest absolute Gasteiger partial charge is 0.480 e. The van der Waals surface area contributed by atoms with Crippen LogP contribution in [0.3, 0.4) is 0 Å². The molecular formula is C21H28N4O3S2. The van der Waals surface area contributed by atoms with Gasteiger partial charge in [-0.25, -0.2) is 0 Å². The van der Waals surface area contributed by atoms with Crippen molar-refractivity contribution in [1.82, 2.24) is 10.3 Å². The molecule has 4 rings (SSSR count). The van der Waals surface area contributed by atoms with Crippen LogP contribution in [0, 0.1) is 0 Å². The number of ether oxygens (including phenoxy) is 1. The number of aromatic amines is 1. The fourth-order valence-corrected chi connectivity index (χ4v) is 5.23. The minimum Gasteiger partial charge on any atom is -0.480 e. The first-order valence-corrected chi connectivity index (χ1v) is 12.7. The number of H-pyrrole nitrogens is 1. The van der Waals surface area contributed by atoms with Crippen LogP contribution in [0.25, 0.3) is 10.9 Å². The molecule has 162 valence electrons. The van der Waals surface area contributed by atoms with Gasteiger partial charge in [-0.3, -0.25) is 15.1 Å². The maximum atomic E-state index is 11.5. The van der Waals surface area contributed by atoms with Crippen LogP contribution in [0.15, 0.2) is 29.3 Å². The number of carboxylic acid groups (broad SMARTS) is 1. The molecule has 7 nitrogen and oxygen atoms in total. The molecule has 0 spiro atoms. The molecule has 2 aromatic rings. The highest BCUT2D eigenvalue weighted by Gasteiger charge is 2.26. The predicted octanol–water partition coefficient (Wildman–Crippen LogP) is 3.37. The zero-order valence-corrected chi connectivity index (χ0v) is 18.7. The van der Waals surface area contributed by atoms with Crippen molar-refractivity contribution < 1.29 is 14.6 Å². The number of hydrogen-bond acceptors (Lipinski definition) is 7. The van der Waals surface area contributed by atoms with Crippen LogP contribution >= 0.6 is 23.5 Å². The molecule has 30 heavy (non-hydrogen) atoms. The summed E-state index contributed by atoms with van der Waals surface area (Å²) in [6.45, 7) is 1.61. The molecule has 0 bridgehead atoms. The van der Waals surface area contributed by atoms with E-state index in [1.807, 2.05) is 6.26 Å². The van der Waals surface area contributed by atoms with E-state index < -0.39 is 12.0 Å². The van der Waals surface area contributed by atoms with Gasteiger partial charge >= 0.3 is 5.97 Å². The average Bonchev–Trinajstić information content (AvgIpc) is 3.39. The molecule has 2 atom stereocenters. The van der Waals surface area contributed by atoms with Crippen LogP contribution in [-0.2, 0) is 9.53 Å². The number of nitrogens with one attached hydrogen (secondary N) is 3. The zero-order chi connectivity index (χ0) is 20.9. The monoisotopic (exact) mass is 448 g/mol. The van der Waals surface area contributed by atoms with Gasteiger partial charge in [0.15, 0.2) is 0 Å². The molecule has 2 aliphatic rings. The second-order valence-electron chi connectivity index (χ2n) is 7.58. The van der Waals surface area contributed by atoms with E-state index in [1.165, 1.54) is 0 Å². The van der Waals surface area contributed by atoms with Crippen LogP contribution in [0.1, 0.15) is 25.0 Å². The predicted molar refractivity (Wildman–Crippen MR) is 126 cm³/mol. The Morgan fingerprint density at radius 2 is 2.27 bits per heavy atom. The SMILES string of the molecule is CSCC[C@H](N[C@H]1CSC(c2cc3cccc(NC4CCOCC4)c3[nH]2)=N1)C(=O)O. The van der Waals surface area contributed by atoms with Gasteiger partial charge < -0.3 is 20.1 Å². The third-order valence-electron chi connectivity index (χ3n) is 5.42. The summed E-state index contributed by atoms with van der Waals surface area (Å²) in [6.07, 6.45) is 4.43. The van der Waals surface area contributed by atoms with Crippen molar-refractivity contribution in [2.24, 2.45) is 4.99 Å². The van der Waals surface area contributed by atoms with E-state index >= 15 is 0 Å². The van der Waals surface area contributed by atoms with E-state index in [1.54, 1.807) is 23.5 Å². The number of carbonyl (C=O) groups is 1. The maximum Gasteiger partial charge on any atom is 0.320 e. The van der Waals surface area contributed by atoms with Crippen molar-refractivity contribution in [3.05, 3.63) is 30.0 Å². The lowest BCUT2D eigenvalue weighted by atomic mass is 10.1. The fraction of sp³-hybridized carbons (Fsp3) is 0.524. The summed E-state index contributed by atoms with van der Waals surface area (Å²) in [7, 11) is 0. The van der Waals surface area contributed by atoms with Gasteiger partial charge in [-0.1, -0.05) is 12.1 Å². The molecule has 0 radical (unpaired) electrons. The van der Waals surface area contributed by atoms with E-state index in [4.69, 9.17) is 9.73 Å². The minimum absolute atomic E-state index is 0.181. The smallest absolute Gasteiger partial charge is 0.320 e. The number of benzene rings is 1. The Balaban J connectivity index is 1.48. The van der Waals surface area contributed by atoms with Crippen LogP contribution in [0.4, 0.5) is 5.69 Å². The van der Waals surface area contributed by atoms with Crippen molar-refractivity contribution in [3.63, 3.8) is 0 Å². The van der Waals surface area contributed by atoms with Crippen LogP contribution in [0.2, 0.25) is 0 Å². The number of carboxylic acids is 1. The van der Waals surface area contributed by atoms with Gasteiger partial charge in [0.05, 0.1) is 16.9 Å². The minimum atomic E-state index is -0.813. The Hall–Kier alpha value is -1.68. The molecule has 4 N–H and O–H groups in total. The Kier molecular flexibility index (Phi) is 7.24. The Morgan fingerprint density at radius 3 is 3.03 bits per heavy atom. The lowest BCUT2D eigenvalue weighted by Gasteiger charge is -2.24. The Morgan fingerprint density at radius 1 is 1.43 bits per heavy atom. The molecule has 0 unspecified atom stereocenters. The average molecular weight is 449 g/mol. The highest BCUT2D eigenvalue weighted by atomic mass is 32.2. The van der Waals surface area contributed by atoms with Crippen LogP contribution in [-0.4, -0.2) is 70.3 Å².